The molecule has 0 atom stereocenters. The number of hydrogen-bond acceptors (Lipinski definition) is 3. The second-order valence-corrected chi connectivity index (χ2v) is 4.52. The Hall–Kier alpha value is -2.43. The third-order valence-electron chi connectivity index (χ3n) is 3.04. The first-order valence-electron chi connectivity index (χ1n) is 6.11. The Kier molecular flexibility index (Phi) is 3.98. The molecule has 0 aliphatic rings. The van der Waals surface area contributed by atoms with Crippen molar-refractivity contribution in [2.45, 2.75) is 20.5 Å². The van der Waals surface area contributed by atoms with Crippen LogP contribution in [0.3, 0.4) is 0 Å². The van der Waals surface area contributed by atoms with Gasteiger partial charge in [-0.3, -0.25) is 10.1 Å². The Labute approximate surface area is 116 Å². The summed E-state index contributed by atoms with van der Waals surface area (Å²) in [6, 6.07) is 9.77. The normalized spacial score (nSPS) is 10.3. The quantitative estimate of drug-likeness (QED) is 0.627. The van der Waals surface area contributed by atoms with Crippen molar-refractivity contribution in [3.63, 3.8) is 0 Å². The summed E-state index contributed by atoms with van der Waals surface area (Å²) in [6.45, 7) is 3.75. The maximum atomic E-state index is 13.9. The zero-order chi connectivity index (χ0) is 14.7. The van der Waals surface area contributed by atoms with Crippen LogP contribution in [0.25, 0.3) is 0 Å². The molecule has 0 heterocycles. The van der Waals surface area contributed by atoms with Crippen LogP contribution in [0.4, 0.5) is 10.1 Å². The van der Waals surface area contributed by atoms with Gasteiger partial charge in [-0.2, -0.15) is 4.39 Å². The van der Waals surface area contributed by atoms with Gasteiger partial charge in [-0.15, -0.1) is 0 Å². The first kappa shape index (κ1) is 14.0. The molecule has 0 saturated carbocycles. The topological polar surface area (TPSA) is 52.4 Å². The van der Waals surface area contributed by atoms with E-state index in [2.05, 4.69) is 0 Å². The molecule has 0 amide bonds. The molecule has 2 rings (SSSR count). The molecule has 0 aromatic heterocycles. The Morgan fingerprint density at radius 3 is 2.35 bits per heavy atom. The van der Waals surface area contributed by atoms with E-state index < -0.39 is 16.4 Å². The van der Waals surface area contributed by atoms with E-state index in [0.717, 1.165) is 17.2 Å². The van der Waals surface area contributed by atoms with E-state index in [-0.39, 0.29) is 12.2 Å². The highest BCUT2D eigenvalue weighted by atomic mass is 19.1. The molecular formula is C15H14FNO3. The van der Waals surface area contributed by atoms with Gasteiger partial charge in [-0.05, 0) is 25.0 Å². The second-order valence-electron chi connectivity index (χ2n) is 4.52. The number of rotatable bonds is 4. The van der Waals surface area contributed by atoms with Crippen molar-refractivity contribution >= 4 is 5.69 Å². The predicted octanol–water partition coefficient (Wildman–Crippen LogP) is 3.93. The summed E-state index contributed by atoms with van der Waals surface area (Å²) in [7, 11) is 0. The number of nitro benzene ring substituents is 1. The van der Waals surface area contributed by atoms with Gasteiger partial charge in [0.25, 0.3) is 0 Å². The lowest BCUT2D eigenvalue weighted by Crippen LogP contribution is -2.03. The Bertz CT molecular complexity index is 635. The smallest absolute Gasteiger partial charge is 0.305 e. The lowest BCUT2D eigenvalue weighted by atomic mass is 10.1. The molecule has 0 aliphatic carbocycles. The number of nitro groups is 1. The van der Waals surface area contributed by atoms with Gasteiger partial charge in [-0.1, -0.05) is 30.3 Å². The molecule has 0 saturated heterocycles. The Balaban J connectivity index is 2.24. The van der Waals surface area contributed by atoms with Crippen molar-refractivity contribution in [2.75, 3.05) is 0 Å². The molecule has 0 radical (unpaired) electrons. The first-order valence-corrected chi connectivity index (χ1v) is 6.11. The summed E-state index contributed by atoms with van der Waals surface area (Å²) in [4.78, 5) is 9.94. The van der Waals surface area contributed by atoms with Gasteiger partial charge in [-0.25, -0.2) is 0 Å². The first-order chi connectivity index (χ1) is 9.50. The van der Waals surface area contributed by atoms with Crippen LogP contribution in [0.5, 0.6) is 5.75 Å². The monoisotopic (exact) mass is 275 g/mol. The molecule has 0 spiro atoms. The summed E-state index contributed by atoms with van der Waals surface area (Å²) in [6.07, 6.45) is 0. The van der Waals surface area contributed by atoms with Crippen LogP contribution in [0, 0.1) is 29.8 Å². The van der Waals surface area contributed by atoms with Gasteiger partial charge < -0.3 is 4.74 Å². The minimum Gasteiger partial charge on any atom is -0.488 e. The molecule has 0 fully saturated rings. The SMILES string of the molecule is Cc1cccc(C)c1OCc1cccc([N+](=O)[O-])c1F. The second kappa shape index (κ2) is 5.69. The third-order valence-corrected chi connectivity index (χ3v) is 3.04. The fourth-order valence-corrected chi connectivity index (χ4v) is 2.00. The van der Waals surface area contributed by atoms with Crippen molar-refractivity contribution in [3.8, 4) is 5.75 Å². The number of para-hydroxylation sites is 1. The molecule has 0 unspecified atom stereocenters. The molecular weight excluding hydrogens is 261 g/mol. The lowest BCUT2D eigenvalue weighted by Gasteiger charge is -2.12. The van der Waals surface area contributed by atoms with Crippen molar-refractivity contribution in [1.29, 1.82) is 0 Å². The zero-order valence-electron chi connectivity index (χ0n) is 11.2. The van der Waals surface area contributed by atoms with Crippen LogP contribution >= 0.6 is 0 Å². The summed E-state index contributed by atoms with van der Waals surface area (Å²) in [5.74, 6) is -0.165. The minimum atomic E-state index is -0.844. The highest BCUT2D eigenvalue weighted by Crippen LogP contribution is 2.25. The van der Waals surface area contributed by atoms with Crippen molar-refractivity contribution in [3.05, 3.63) is 69.0 Å². The molecule has 0 aliphatic heterocycles. The van der Waals surface area contributed by atoms with E-state index in [1.54, 1.807) is 0 Å². The van der Waals surface area contributed by atoms with Gasteiger partial charge >= 0.3 is 5.69 Å². The highest BCUT2D eigenvalue weighted by molar-refractivity contribution is 5.41. The van der Waals surface area contributed by atoms with Gasteiger partial charge in [0.1, 0.15) is 12.4 Å². The largest absolute Gasteiger partial charge is 0.488 e. The Morgan fingerprint density at radius 1 is 1.15 bits per heavy atom. The molecule has 104 valence electrons. The van der Waals surface area contributed by atoms with Crippen LogP contribution in [0.2, 0.25) is 0 Å². The van der Waals surface area contributed by atoms with Crippen LogP contribution in [-0.4, -0.2) is 4.92 Å². The fourth-order valence-electron chi connectivity index (χ4n) is 2.00. The lowest BCUT2D eigenvalue weighted by molar-refractivity contribution is -0.387. The number of halogens is 1. The molecule has 2 aromatic carbocycles. The van der Waals surface area contributed by atoms with Gasteiger partial charge in [0.2, 0.25) is 5.82 Å². The molecule has 0 N–H and O–H groups in total. The summed E-state index contributed by atoms with van der Waals surface area (Å²) in [5.41, 5.74) is 1.51. The van der Waals surface area contributed by atoms with E-state index >= 15 is 0 Å². The van der Waals surface area contributed by atoms with Crippen LogP contribution < -0.4 is 4.74 Å². The van der Waals surface area contributed by atoms with E-state index in [0.29, 0.717) is 5.75 Å². The number of nitrogens with zero attached hydrogens (tertiary/aromatic N) is 1. The third kappa shape index (κ3) is 2.77. The summed E-state index contributed by atoms with van der Waals surface area (Å²) >= 11 is 0. The average Bonchev–Trinajstić information content (AvgIpc) is 2.39. The van der Waals surface area contributed by atoms with Crippen LogP contribution in [0.15, 0.2) is 36.4 Å². The minimum absolute atomic E-state index is 0.0425. The molecule has 0 bridgehead atoms. The van der Waals surface area contributed by atoms with Crippen molar-refractivity contribution in [1.82, 2.24) is 0 Å². The van der Waals surface area contributed by atoms with Crippen LogP contribution in [-0.2, 0) is 6.61 Å². The molecule has 2 aromatic rings. The standard InChI is InChI=1S/C15H14FNO3/c1-10-5-3-6-11(2)15(10)20-9-12-7-4-8-13(14(12)16)17(18)19/h3-8H,9H2,1-2H3. The van der Waals surface area contributed by atoms with Crippen molar-refractivity contribution in [2.24, 2.45) is 0 Å². The maximum absolute atomic E-state index is 13.9. The fraction of sp³-hybridized carbons (Fsp3) is 0.200. The van der Waals surface area contributed by atoms with E-state index in [9.17, 15) is 14.5 Å². The van der Waals surface area contributed by atoms with Crippen LogP contribution in [0.1, 0.15) is 16.7 Å². The number of benzene rings is 2. The highest BCUT2D eigenvalue weighted by Gasteiger charge is 2.17. The maximum Gasteiger partial charge on any atom is 0.305 e. The number of aryl methyl sites for hydroxylation is 2. The van der Waals surface area contributed by atoms with E-state index in [1.807, 2.05) is 32.0 Å². The average molecular weight is 275 g/mol. The van der Waals surface area contributed by atoms with E-state index in [1.165, 1.54) is 12.1 Å². The van der Waals surface area contributed by atoms with Crippen molar-refractivity contribution < 1.29 is 14.1 Å². The van der Waals surface area contributed by atoms with E-state index in [4.69, 9.17) is 4.74 Å². The molecule has 20 heavy (non-hydrogen) atoms. The summed E-state index contributed by atoms with van der Waals surface area (Å²) < 4.78 is 19.5. The predicted molar refractivity (Wildman–Crippen MR) is 73.3 cm³/mol. The summed E-state index contributed by atoms with van der Waals surface area (Å²) in [5, 5.41) is 10.7. The van der Waals surface area contributed by atoms with Gasteiger partial charge in [0, 0.05) is 11.6 Å². The van der Waals surface area contributed by atoms with Gasteiger partial charge in [0.15, 0.2) is 0 Å². The molecule has 4 nitrogen and oxygen atoms in total. The van der Waals surface area contributed by atoms with Gasteiger partial charge in [0.05, 0.1) is 4.92 Å². The Morgan fingerprint density at radius 2 is 1.75 bits per heavy atom. The molecule has 5 heteroatoms. The number of ether oxygens (including phenoxy) is 1. The number of hydrogen-bond donors (Lipinski definition) is 0. The zero-order valence-corrected chi connectivity index (χ0v) is 11.2.